The van der Waals surface area contributed by atoms with Gasteiger partial charge in [0.25, 0.3) is 0 Å². The molecule has 0 amide bonds. The van der Waals surface area contributed by atoms with Crippen LogP contribution in [0.5, 0.6) is 0 Å². The molecule has 62 valence electrons. The van der Waals surface area contributed by atoms with Gasteiger partial charge >= 0.3 is 0 Å². The number of carbonyl (C=O) groups excluding carboxylic acids is 1. The fourth-order valence-electron chi connectivity index (χ4n) is 0.452. The minimum absolute atomic E-state index is 0.0682. The zero-order valence-corrected chi connectivity index (χ0v) is 7.59. The van der Waals surface area contributed by atoms with Gasteiger partial charge in [0.2, 0.25) is 0 Å². The highest BCUT2D eigenvalue weighted by molar-refractivity contribution is 5.91. The molecule has 0 aliphatic heterocycles. The first-order valence-corrected chi connectivity index (χ1v) is 3.75. The Morgan fingerprint density at radius 1 is 1.36 bits per heavy atom. The van der Waals surface area contributed by atoms with E-state index in [0.29, 0.717) is 0 Å². The number of allylic oxidation sites excluding steroid dienone is 1. The number of carbonyl (C=O) groups is 1. The Morgan fingerprint density at radius 3 is 2.27 bits per heavy atom. The normalized spacial score (nSPS) is 10.6. The maximum absolute atomic E-state index is 11.0. The van der Waals surface area contributed by atoms with Crippen molar-refractivity contribution in [3.8, 4) is 0 Å². The molecule has 0 heterocycles. The molecule has 0 aliphatic carbocycles. The van der Waals surface area contributed by atoms with E-state index in [0.717, 1.165) is 5.71 Å². The summed E-state index contributed by atoms with van der Waals surface area (Å²) in [6.45, 7) is 7.53. The molecule has 0 fully saturated rings. The largest absolute Gasteiger partial charge is 0.295 e. The SMILES string of the molecule is CC(C)=N/C=C\C(=O)C(C)C. The Labute approximate surface area is 68.0 Å². The second-order valence-corrected chi connectivity index (χ2v) is 2.95. The van der Waals surface area contributed by atoms with E-state index in [4.69, 9.17) is 0 Å². The number of hydrogen-bond acceptors (Lipinski definition) is 2. The summed E-state index contributed by atoms with van der Waals surface area (Å²) in [5, 5.41) is 0. The Bertz CT molecular complexity index is 186. The molecule has 2 nitrogen and oxygen atoms in total. The van der Waals surface area contributed by atoms with E-state index in [1.54, 1.807) is 6.20 Å². The lowest BCUT2D eigenvalue weighted by atomic mass is 10.1. The monoisotopic (exact) mass is 153 g/mol. The summed E-state index contributed by atoms with van der Waals surface area (Å²) in [7, 11) is 0. The van der Waals surface area contributed by atoms with Crippen LogP contribution < -0.4 is 0 Å². The highest BCUT2D eigenvalue weighted by Crippen LogP contribution is 1.95. The highest BCUT2D eigenvalue weighted by atomic mass is 16.1. The number of rotatable bonds is 3. The van der Waals surface area contributed by atoms with Crippen LogP contribution in [0.2, 0.25) is 0 Å². The summed E-state index contributed by atoms with van der Waals surface area (Å²) >= 11 is 0. The van der Waals surface area contributed by atoms with E-state index in [1.165, 1.54) is 6.08 Å². The lowest BCUT2D eigenvalue weighted by Crippen LogP contribution is -2.01. The van der Waals surface area contributed by atoms with Crippen LogP contribution in [0.4, 0.5) is 0 Å². The third kappa shape index (κ3) is 5.52. The Balaban J connectivity index is 3.95. The first kappa shape index (κ1) is 10.1. The molecule has 0 radical (unpaired) electrons. The Kier molecular flexibility index (Phi) is 4.42. The van der Waals surface area contributed by atoms with Crippen molar-refractivity contribution in [2.45, 2.75) is 27.7 Å². The molecule has 2 heteroatoms. The molecule has 0 aliphatic rings. The third-order valence-electron chi connectivity index (χ3n) is 1.14. The molecule has 0 unspecified atom stereocenters. The summed E-state index contributed by atoms with van der Waals surface area (Å²) in [5.74, 6) is 0.189. The van der Waals surface area contributed by atoms with Gasteiger partial charge in [-0.15, -0.1) is 0 Å². The molecule has 0 aromatic heterocycles. The second-order valence-electron chi connectivity index (χ2n) is 2.95. The third-order valence-corrected chi connectivity index (χ3v) is 1.14. The molecule has 0 saturated carbocycles. The van der Waals surface area contributed by atoms with Crippen molar-refractivity contribution in [3.05, 3.63) is 12.3 Å². The maximum atomic E-state index is 11.0. The molecule has 11 heavy (non-hydrogen) atoms. The van der Waals surface area contributed by atoms with Gasteiger partial charge < -0.3 is 0 Å². The van der Waals surface area contributed by atoms with Crippen LogP contribution in [0.3, 0.4) is 0 Å². The van der Waals surface area contributed by atoms with E-state index in [9.17, 15) is 4.79 Å². The molecular formula is C9H15NO. The van der Waals surface area contributed by atoms with E-state index in [-0.39, 0.29) is 11.7 Å². The summed E-state index contributed by atoms with van der Waals surface area (Å²) in [4.78, 5) is 14.9. The van der Waals surface area contributed by atoms with Gasteiger partial charge in [-0.05, 0) is 19.9 Å². The van der Waals surface area contributed by atoms with Gasteiger partial charge in [0.05, 0.1) is 0 Å². The average Bonchev–Trinajstić information content (AvgIpc) is 1.86. The van der Waals surface area contributed by atoms with Crippen molar-refractivity contribution in [1.82, 2.24) is 0 Å². The van der Waals surface area contributed by atoms with E-state index in [2.05, 4.69) is 4.99 Å². The van der Waals surface area contributed by atoms with Crippen LogP contribution in [-0.4, -0.2) is 11.5 Å². The first-order valence-electron chi connectivity index (χ1n) is 3.75. The molecule has 0 saturated heterocycles. The summed E-state index contributed by atoms with van der Waals surface area (Å²) < 4.78 is 0. The van der Waals surface area contributed by atoms with Gasteiger partial charge in [0.1, 0.15) is 0 Å². The molecule has 0 spiro atoms. The maximum Gasteiger partial charge on any atom is 0.159 e. The van der Waals surface area contributed by atoms with Gasteiger partial charge in [-0.3, -0.25) is 9.79 Å². The van der Waals surface area contributed by atoms with E-state index >= 15 is 0 Å². The van der Waals surface area contributed by atoms with E-state index in [1.807, 2.05) is 27.7 Å². The predicted octanol–water partition coefficient (Wildman–Crippen LogP) is 2.21. The molecule has 0 rings (SSSR count). The van der Waals surface area contributed by atoms with Crippen LogP contribution in [0.1, 0.15) is 27.7 Å². The van der Waals surface area contributed by atoms with Crippen molar-refractivity contribution >= 4 is 11.5 Å². The smallest absolute Gasteiger partial charge is 0.159 e. The lowest BCUT2D eigenvalue weighted by Gasteiger charge is -1.94. The van der Waals surface area contributed by atoms with Crippen LogP contribution in [-0.2, 0) is 4.79 Å². The summed E-state index contributed by atoms with van der Waals surface area (Å²) in [6.07, 6.45) is 3.06. The molecule has 0 aromatic carbocycles. The van der Waals surface area contributed by atoms with Crippen molar-refractivity contribution in [3.63, 3.8) is 0 Å². The van der Waals surface area contributed by atoms with Crippen molar-refractivity contribution < 1.29 is 4.79 Å². The molecule has 0 aromatic rings. The van der Waals surface area contributed by atoms with Gasteiger partial charge in [0, 0.05) is 17.8 Å². The fraction of sp³-hybridized carbons (Fsp3) is 0.556. The minimum Gasteiger partial charge on any atom is -0.295 e. The molecule has 0 bridgehead atoms. The highest BCUT2D eigenvalue weighted by Gasteiger charge is 2.00. The summed E-state index contributed by atoms with van der Waals surface area (Å²) in [5.41, 5.74) is 0.956. The second kappa shape index (κ2) is 4.83. The molecule has 0 atom stereocenters. The van der Waals surface area contributed by atoms with Crippen molar-refractivity contribution in [2.75, 3.05) is 0 Å². The number of hydrogen-bond donors (Lipinski definition) is 0. The van der Waals surface area contributed by atoms with Crippen LogP contribution >= 0.6 is 0 Å². The van der Waals surface area contributed by atoms with Gasteiger partial charge in [0.15, 0.2) is 5.78 Å². The van der Waals surface area contributed by atoms with Crippen LogP contribution in [0.15, 0.2) is 17.3 Å². The number of nitrogens with zero attached hydrogens (tertiary/aromatic N) is 1. The first-order chi connectivity index (χ1) is 5.04. The fourth-order valence-corrected chi connectivity index (χ4v) is 0.452. The van der Waals surface area contributed by atoms with Gasteiger partial charge in [-0.1, -0.05) is 13.8 Å². The van der Waals surface area contributed by atoms with Gasteiger partial charge in [-0.2, -0.15) is 0 Å². The van der Waals surface area contributed by atoms with Crippen LogP contribution in [0.25, 0.3) is 0 Å². The zero-order valence-electron chi connectivity index (χ0n) is 7.59. The Hall–Kier alpha value is -0.920. The predicted molar refractivity (Wildman–Crippen MR) is 47.8 cm³/mol. The topological polar surface area (TPSA) is 29.4 Å². The van der Waals surface area contributed by atoms with Gasteiger partial charge in [-0.25, -0.2) is 0 Å². The zero-order chi connectivity index (χ0) is 8.85. The standard InChI is InChI=1S/C9H15NO/c1-7(2)9(11)5-6-10-8(3)4/h5-7H,1-4H3/b6-5-. The minimum atomic E-state index is 0.0682. The number of ketones is 1. The van der Waals surface area contributed by atoms with E-state index < -0.39 is 0 Å². The summed E-state index contributed by atoms with van der Waals surface area (Å²) in [6, 6.07) is 0. The van der Waals surface area contributed by atoms with Crippen LogP contribution in [0, 0.1) is 5.92 Å². The lowest BCUT2D eigenvalue weighted by molar-refractivity contribution is -0.117. The quantitative estimate of drug-likeness (QED) is 0.451. The average molecular weight is 153 g/mol. The Morgan fingerprint density at radius 2 is 1.91 bits per heavy atom. The number of aliphatic imine (C=N–C) groups is 1. The van der Waals surface area contributed by atoms with Crippen molar-refractivity contribution in [1.29, 1.82) is 0 Å². The molecular weight excluding hydrogens is 138 g/mol. The van der Waals surface area contributed by atoms with Crippen molar-refractivity contribution in [2.24, 2.45) is 10.9 Å². The molecule has 0 N–H and O–H groups in total.